The van der Waals surface area contributed by atoms with Crippen LogP contribution >= 0.6 is 0 Å². The van der Waals surface area contributed by atoms with Gasteiger partial charge in [-0.25, -0.2) is 4.98 Å². The molecule has 2 aromatic carbocycles. The fourth-order valence-electron chi connectivity index (χ4n) is 3.00. The minimum Gasteiger partial charge on any atom is -0.314 e. The maximum absolute atomic E-state index is 4.87. The number of aromatic nitrogens is 2. The quantitative estimate of drug-likeness (QED) is 0.631. The summed E-state index contributed by atoms with van der Waals surface area (Å²) >= 11 is 0. The molecule has 20 heavy (non-hydrogen) atoms. The first kappa shape index (κ1) is 11.5. The highest BCUT2D eigenvalue weighted by Gasteiger charge is 2.28. The number of para-hydroxylation sites is 1. The molecule has 0 radical (unpaired) electrons. The van der Waals surface area contributed by atoms with Crippen LogP contribution in [0.4, 0.5) is 0 Å². The predicted molar refractivity (Wildman–Crippen MR) is 83.5 cm³/mol. The van der Waals surface area contributed by atoms with Crippen LogP contribution in [0.5, 0.6) is 0 Å². The van der Waals surface area contributed by atoms with Gasteiger partial charge in [-0.05, 0) is 19.9 Å². The van der Waals surface area contributed by atoms with Crippen LogP contribution in [-0.4, -0.2) is 9.55 Å². The number of rotatable bonds is 1. The van der Waals surface area contributed by atoms with E-state index in [4.69, 9.17) is 4.98 Å². The molecule has 4 rings (SSSR count). The van der Waals surface area contributed by atoms with Crippen LogP contribution in [0.25, 0.3) is 28.5 Å². The first-order chi connectivity index (χ1) is 9.67. The summed E-state index contributed by atoms with van der Waals surface area (Å²) < 4.78 is 2.35. The van der Waals surface area contributed by atoms with Crippen molar-refractivity contribution < 1.29 is 0 Å². The molecular weight excluding hydrogens is 244 g/mol. The Labute approximate surface area is 118 Å². The third kappa shape index (κ3) is 1.48. The predicted octanol–water partition coefficient (Wildman–Crippen LogP) is 4.47. The molecule has 0 spiro atoms. The van der Waals surface area contributed by atoms with Gasteiger partial charge in [-0.15, -0.1) is 0 Å². The van der Waals surface area contributed by atoms with Crippen molar-refractivity contribution in [2.24, 2.45) is 0 Å². The molecule has 0 bridgehead atoms. The molecule has 0 fully saturated rings. The van der Waals surface area contributed by atoms with E-state index in [0.717, 1.165) is 16.9 Å². The summed E-state index contributed by atoms with van der Waals surface area (Å²) in [7, 11) is 0. The van der Waals surface area contributed by atoms with Gasteiger partial charge in [-0.2, -0.15) is 0 Å². The summed E-state index contributed by atoms with van der Waals surface area (Å²) in [6.45, 7) is 4.46. The van der Waals surface area contributed by atoms with E-state index in [-0.39, 0.29) is 5.54 Å². The van der Waals surface area contributed by atoms with Crippen LogP contribution in [0.3, 0.4) is 0 Å². The number of hydrogen-bond donors (Lipinski definition) is 0. The van der Waals surface area contributed by atoms with Crippen molar-refractivity contribution in [3.8, 4) is 11.4 Å². The Kier molecular flexibility index (Phi) is 2.19. The average Bonchev–Trinajstić information content (AvgIpc) is 2.86. The molecule has 0 unspecified atom stereocenters. The molecule has 1 aliphatic rings. The Hall–Kier alpha value is -2.35. The van der Waals surface area contributed by atoms with Gasteiger partial charge in [0.25, 0.3) is 0 Å². The van der Waals surface area contributed by atoms with E-state index in [1.807, 2.05) is 6.07 Å². The van der Waals surface area contributed by atoms with Gasteiger partial charge >= 0.3 is 0 Å². The van der Waals surface area contributed by atoms with Crippen LogP contribution in [0, 0.1) is 0 Å². The lowest BCUT2D eigenvalue weighted by atomic mass is 9.97. The van der Waals surface area contributed by atoms with Gasteiger partial charge in [0.1, 0.15) is 5.82 Å². The summed E-state index contributed by atoms with van der Waals surface area (Å²) in [4.78, 5) is 4.87. The van der Waals surface area contributed by atoms with E-state index in [1.165, 1.54) is 11.1 Å². The van der Waals surface area contributed by atoms with Crippen molar-refractivity contribution in [3.63, 3.8) is 0 Å². The van der Waals surface area contributed by atoms with E-state index in [2.05, 4.69) is 73.0 Å². The zero-order chi connectivity index (χ0) is 13.7. The largest absolute Gasteiger partial charge is 0.314 e. The minimum atomic E-state index is -0.0612. The lowest BCUT2D eigenvalue weighted by Crippen LogP contribution is -2.26. The fourth-order valence-corrected chi connectivity index (χ4v) is 3.00. The highest BCUT2D eigenvalue weighted by Crippen LogP contribution is 2.37. The number of nitrogens with zero attached hydrogens (tertiary/aromatic N) is 2. The van der Waals surface area contributed by atoms with E-state index < -0.39 is 0 Å². The molecule has 1 aliphatic heterocycles. The Morgan fingerprint density at radius 3 is 2.55 bits per heavy atom. The van der Waals surface area contributed by atoms with Gasteiger partial charge in [-0.1, -0.05) is 54.6 Å². The van der Waals surface area contributed by atoms with Crippen molar-refractivity contribution >= 4 is 17.1 Å². The second kappa shape index (κ2) is 3.83. The second-order valence-electron chi connectivity index (χ2n) is 5.84. The van der Waals surface area contributed by atoms with Crippen molar-refractivity contribution in [1.82, 2.24) is 9.55 Å². The van der Waals surface area contributed by atoms with Gasteiger partial charge in [0, 0.05) is 11.1 Å². The molecule has 1 aromatic heterocycles. The molecule has 0 saturated heterocycles. The highest BCUT2D eigenvalue weighted by atomic mass is 15.1. The minimum absolute atomic E-state index is 0.0612. The summed E-state index contributed by atoms with van der Waals surface area (Å²) in [6, 6.07) is 16.7. The first-order valence-corrected chi connectivity index (χ1v) is 6.93. The molecule has 0 atom stereocenters. The molecule has 3 aromatic rings. The van der Waals surface area contributed by atoms with Gasteiger partial charge in [0.2, 0.25) is 0 Å². The van der Waals surface area contributed by atoms with Crippen LogP contribution < -0.4 is 0 Å². The van der Waals surface area contributed by atoms with Crippen LogP contribution in [0.1, 0.15) is 19.4 Å². The molecule has 0 saturated carbocycles. The van der Waals surface area contributed by atoms with Gasteiger partial charge in [0.05, 0.1) is 16.6 Å². The van der Waals surface area contributed by atoms with Crippen molar-refractivity contribution in [1.29, 1.82) is 0 Å². The van der Waals surface area contributed by atoms with Gasteiger partial charge in [0.15, 0.2) is 0 Å². The fraction of sp³-hybridized carbons (Fsp3) is 0.167. The summed E-state index contributed by atoms with van der Waals surface area (Å²) in [6.07, 6.45) is 4.46. The Balaban J connectivity index is 2.14. The maximum Gasteiger partial charge on any atom is 0.141 e. The number of hydrogen-bond acceptors (Lipinski definition) is 1. The van der Waals surface area contributed by atoms with Crippen LogP contribution in [-0.2, 0) is 5.54 Å². The molecular formula is C18H16N2. The number of benzene rings is 2. The Morgan fingerprint density at radius 1 is 0.950 bits per heavy atom. The lowest BCUT2D eigenvalue weighted by molar-refractivity contribution is 0.472. The van der Waals surface area contributed by atoms with Gasteiger partial charge < -0.3 is 4.57 Å². The van der Waals surface area contributed by atoms with E-state index in [0.29, 0.717) is 0 Å². The average molecular weight is 260 g/mol. The van der Waals surface area contributed by atoms with Gasteiger partial charge in [-0.3, -0.25) is 0 Å². The number of imidazole rings is 1. The van der Waals surface area contributed by atoms with Crippen LogP contribution in [0.2, 0.25) is 0 Å². The van der Waals surface area contributed by atoms with E-state index in [1.54, 1.807) is 0 Å². The van der Waals surface area contributed by atoms with Crippen molar-refractivity contribution in [3.05, 3.63) is 60.2 Å². The summed E-state index contributed by atoms with van der Waals surface area (Å²) in [5, 5.41) is 0. The molecule has 0 aliphatic carbocycles. The summed E-state index contributed by atoms with van der Waals surface area (Å²) in [5.41, 5.74) is 4.65. The van der Waals surface area contributed by atoms with Crippen molar-refractivity contribution in [2.45, 2.75) is 19.4 Å². The topological polar surface area (TPSA) is 17.8 Å². The second-order valence-corrected chi connectivity index (χ2v) is 5.84. The molecule has 98 valence electrons. The third-order valence-corrected chi connectivity index (χ3v) is 3.99. The molecule has 0 N–H and O–H groups in total. The smallest absolute Gasteiger partial charge is 0.141 e. The SMILES string of the molecule is CC1(C)C=Cc2cccc3nc(-c4ccccc4)n1c23. The lowest BCUT2D eigenvalue weighted by Gasteiger charge is -2.29. The highest BCUT2D eigenvalue weighted by molar-refractivity contribution is 5.90. The molecule has 2 nitrogen and oxygen atoms in total. The van der Waals surface area contributed by atoms with Crippen LogP contribution in [0.15, 0.2) is 54.6 Å². The normalized spacial score (nSPS) is 15.7. The summed E-state index contributed by atoms with van der Waals surface area (Å²) in [5.74, 6) is 1.04. The zero-order valence-corrected chi connectivity index (χ0v) is 11.7. The van der Waals surface area contributed by atoms with E-state index >= 15 is 0 Å². The van der Waals surface area contributed by atoms with E-state index in [9.17, 15) is 0 Å². The third-order valence-electron chi connectivity index (χ3n) is 3.99. The maximum atomic E-state index is 4.87. The molecule has 0 amide bonds. The standard InChI is InChI=1S/C18H16N2/c1-18(2)12-11-13-9-6-10-15-16(13)20(18)17(19-15)14-7-4-3-5-8-14/h3-12H,1-2H3. The van der Waals surface area contributed by atoms with Crippen molar-refractivity contribution in [2.75, 3.05) is 0 Å². The monoisotopic (exact) mass is 260 g/mol. The first-order valence-electron chi connectivity index (χ1n) is 6.93. The Morgan fingerprint density at radius 2 is 1.75 bits per heavy atom. The molecule has 2 heteroatoms. The Bertz CT molecular complexity index is 823. The molecule has 2 heterocycles. The zero-order valence-electron chi connectivity index (χ0n) is 11.7. The number of allylic oxidation sites excluding steroid dienone is 1.